The van der Waals surface area contributed by atoms with Crippen LogP contribution >= 0.6 is 11.3 Å². The SMILES string of the molecule is CCCNC(=O)C(C)NCc1sccc1CC. The maximum absolute atomic E-state index is 11.6. The van der Waals surface area contributed by atoms with Gasteiger partial charge in [-0.2, -0.15) is 0 Å². The van der Waals surface area contributed by atoms with Crippen molar-refractivity contribution in [1.82, 2.24) is 10.6 Å². The molecule has 0 aromatic carbocycles. The second kappa shape index (κ2) is 7.45. The maximum Gasteiger partial charge on any atom is 0.236 e. The van der Waals surface area contributed by atoms with Crippen LogP contribution in [0.3, 0.4) is 0 Å². The van der Waals surface area contributed by atoms with Crippen LogP contribution in [0.5, 0.6) is 0 Å². The molecule has 1 unspecified atom stereocenters. The number of aryl methyl sites for hydroxylation is 1. The second-order valence-corrected chi connectivity index (χ2v) is 5.12. The Morgan fingerprint density at radius 2 is 2.24 bits per heavy atom. The van der Waals surface area contributed by atoms with E-state index in [0.717, 1.165) is 25.9 Å². The van der Waals surface area contributed by atoms with Gasteiger partial charge in [0.2, 0.25) is 5.91 Å². The lowest BCUT2D eigenvalue weighted by molar-refractivity contribution is -0.122. The Balaban J connectivity index is 2.37. The fourth-order valence-electron chi connectivity index (χ4n) is 1.58. The Labute approximate surface area is 108 Å². The Bertz CT molecular complexity index is 349. The summed E-state index contributed by atoms with van der Waals surface area (Å²) < 4.78 is 0. The molecule has 3 nitrogen and oxygen atoms in total. The van der Waals surface area contributed by atoms with Gasteiger partial charge in [-0.05, 0) is 36.8 Å². The third-order valence-electron chi connectivity index (χ3n) is 2.73. The molecule has 1 heterocycles. The van der Waals surface area contributed by atoms with E-state index in [0.29, 0.717) is 0 Å². The first kappa shape index (κ1) is 14.2. The van der Waals surface area contributed by atoms with Crippen molar-refractivity contribution in [2.75, 3.05) is 6.54 Å². The molecule has 0 aliphatic carbocycles. The normalized spacial score (nSPS) is 12.4. The highest BCUT2D eigenvalue weighted by atomic mass is 32.1. The molecule has 2 N–H and O–H groups in total. The Hall–Kier alpha value is -0.870. The van der Waals surface area contributed by atoms with Gasteiger partial charge in [-0.15, -0.1) is 11.3 Å². The lowest BCUT2D eigenvalue weighted by Crippen LogP contribution is -2.42. The molecule has 1 rings (SSSR count). The van der Waals surface area contributed by atoms with Crippen LogP contribution in [0.1, 0.15) is 37.6 Å². The molecule has 0 spiro atoms. The minimum atomic E-state index is -0.131. The summed E-state index contributed by atoms with van der Waals surface area (Å²) in [4.78, 5) is 13.0. The minimum absolute atomic E-state index is 0.0847. The Kier molecular flexibility index (Phi) is 6.22. The third kappa shape index (κ3) is 4.48. The van der Waals surface area contributed by atoms with E-state index >= 15 is 0 Å². The molecular weight excluding hydrogens is 232 g/mol. The van der Waals surface area contributed by atoms with Gasteiger partial charge in [-0.1, -0.05) is 13.8 Å². The van der Waals surface area contributed by atoms with Crippen molar-refractivity contribution < 1.29 is 4.79 Å². The van der Waals surface area contributed by atoms with E-state index in [-0.39, 0.29) is 11.9 Å². The molecule has 0 radical (unpaired) electrons. The highest BCUT2D eigenvalue weighted by Crippen LogP contribution is 2.16. The Morgan fingerprint density at radius 1 is 1.47 bits per heavy atom. The van der Waals surface area contributed by atoms with Gasteiger partial charge in [0.15, 0.2) is 0 Å². The summed E-state index contributed by atoms with van der Waals surface area (Å²) in [5, 5.41) is 8.27. The molecule has 0 bridgehead atoms. The van der Waals surface area contributed by atoms with Crippen LogP contribution in [0.4, 0.5) is 0 Å². The smallest absolute Gasteiger partial charge is 0.236 e. The van der Waals surface area contributed by atoms with Gasteiger partial charge in [-0.3, -0.25) is 4.79 Å². The van der Waals surface area contributed by atoms with E-state index in [1.807, 2.05) is 6.92 Å². The van der Waals surface area contributed by atoms with Crippen molar-refractivity contribution in [3.8, 4) is 0 Å². The number of hydrogen-bond donors (Lipinski definition) is 2. The molecule has 17 heavy (non-hydrogen) atoms. The molecule has 0 fully saturated rings. The first-order valence-corrected chi connectivity index (χ1v) is 7.13. The lowest BCUT2D eigenvalue weighted by Gasteiger charge is -2.13. The lowest BCUT2D eigenvalue weighted by atomic mass is 10.2. The average molecular weight is 254 g/mol. The number of hydrogen-bond acceptors (Lipinski definition) is 3. The number of carbonyl (C=O) groups excluding carboxylic acids is 1. The van der Waals surface area contributed by atoms with Crippen LogP contribution in [-0.2, 0) is 17.8 Å². The van der Waals surface area contributed by atoms with E-state index in [1.54, 1.807) is 11.3 Å². The van der Waals surface area contributed by atoms with Gasteiger partial charge < -0.3 is 10.6 Å². The van der Waals surface area contributed by atoms with E-state index in [9.17, 15) is 4.79 Å². The average Bonchev–Trinajstić information content (AvgIpc) is 2.80. The van der Waals surface area contributed by atoms with Crippen LogP contribution in [-0.4, -0.2) is 18.5 Å². The number of amides is 1. The van der Waals surface area contributed by atoms with Crippen molar-refractivity contribution in [3.05, 3.63) is 21.9 Å². The molecule has 0 aliphatic rings. The van der Waals surface area contributed by atoms with Crippen LogP contribution in [0.15, 0.2) is 11.4 Å². The molecule has 1 aromatic rings. The zero-order chi connectivity index (χ0) is 12.7. The van der Waals surface area contributed by atoms with Gasteiger partial charge in [-0.25, -0.2) is 0 Å². The summed E-state index contributed by atoms with van der Waals surface area (Å²) in [6.45, 7) is 7.65. The first-order chi connectivity index (χ1) is 8.19. The number of carbonyl (C=O) groups is 1. The summed E-state index contributed by atoms with van der Waals surface area (Å²) >= 11 is 1.75. The van der Waals surface area contributed by atoms with Crippen LogP contribution in [0.25, 0.3) is 0 Å². The number of thiophene rings is 1. The summed E-state index contributed by atoms with van der Waals surface area (Å²) in [6, 6.07) is 2.03. The monoisotopic (exact) mass is 254 g/mol. The first-order valence-electron chi connectivity index (χ1n) is 6.25. The van der Waals surface area contributed by atoms with E-state index < -0.39 is 0 Å². The van der Waals surface area contributed by atoms with Crippen LogP contribution in [0, 0.1) is 0 Å². The van der Waals surface area contributed by atoms with Gasteiger partial charge in [0, 0.05) is 18.0 Å². The molecule has 0 saturated carbocycles. The maximum atomic E-state index is 11.6. The second-order valence-electron chi connectivity index (χ2n) is 4.12. The zero-order valence-corrected chi connectivity index (χ0v) is 11.7. The van der Waals surface area contributed by atoms with Crippen molar-refractivity contribution in [1.29, 1.82) is 0 Å². The van der Waals surface area contributed by atoms with Gasteiger partial charge in [0.05, 0.1) is 6.04 Å². The van der Waals surface area contributed by atoms with E-state index in [1.165, 1.54) is 10.4 Å². The van der Waals surface area contributed by atoms with Crippen molar-refractivity contribution in [2.45, 2.75) is 46.2 Å². The number of rotatable bonds is 7. The fourth-order valence-corrected chi connectivity index (χ4v) is 2.50. The third-order valence-corrected chi connectivity index (χ3v) is 3.69. The largest absolute Gasteiger partial charge is 0.355 e. The molecule has 1 amide bonds. The molecule has 1 atom stereocenters. The highest BCUT2D eigenvalue weighted by molar-refractivity contribution is 7.10. The van der Waals surface area contributed by atoms with E-state index in [4.69, 9.17) is 0 Å². The summed E-state index contributed by atoms with van der Waals surface area (Å²) in [5.74, 6) is 0.0847. The zero-order valence-electron chi connectivity index (χ0n) is 10.9. The molecule has 4 heteroatoms. The van der Waals surface area contributed by atoms with Gasteiger partial charge >= 0.3 is 0 Å². The fraction of sp³-hybridized carbons (Fsp3) is 0.615. The quantitative estimate of drug-likeness (QED) is 0.784. The molecule has 0 saturated heterocycles. The molecule has 96 valence electrons. The van der Waals surface area contributed by atoms with Gasteiger partial charge in [0.1, 0.15) is 0 Å². The number of nitrogens with one attached hydrogen (secondary N) is 2. The van der Waals surface area contributed by atoms with Crippen molar-refractivity contribution in [3.63, 3.8) is 0 Å². The molecule has 1 aromatic heterocycles. The van der Waals surface area contributed by atoms with Gasteiger partial charge in [0.25, 0.3) is 0 Å². The van der Waals surface area contributed by atoms with E-state index in [2.05, 4.69) is 35.9 Å². The highest BCUT2D eigenvalue weighted by Gasteiger charge is 2.12. The summed E-state index contributed by atoms with van der Waals surface area (Å²) in [6.07, 6.45) is 2.03. The summed E-state index contributed by atoms with van der Waals surface area (Å²) in [7, 11) is 0. The van der Waals surface area contributed by atoms with Crippen LogP contribution in [0.2, 0.25) is 0 Å². The predicted octanol–water partition coefficient (Wildman–Crippen LogP) is 2.31. The molecular formula is C13H22N2OS. The topological polar surface area (TPSA) is 41.1 Å². The Morgan fingerprint density at radius 3 is 2.88 bits per heavy atom. The van der Waals surface area contributed by atoms with Crippen molar-refractivity contribution >= 4 is 17.2 Å². The minimum Gasteiger partial charge on any atom is -0.355 e. The van der Waals surface area contributed by atoms with Crippen LogP contribution < -0.4 is 10.6 Å². The standard InChI is InChI=1S/C13H22N2OS/c1-4-7-14-13(16)10(3)15-9-12-11(5-2)6-8-17-12/h6,8,10,15H,4-5,7,9H2,1-3H3,(H,14,16). The predicted molar refractivity (Wildman–Crippen MR) is 73.3 cm³/mol. The molecule has 0 aliphatic heterocycles. The van der Waals surface area contributed by atoms with Crippen molar-refractivity contribution in [2.24, 2.45) is 0 Å². The summed E-state index contributed by atoms with van der Waals surface area (Å²) in [5.41, 5.74) is 1.38.